The van der Waals surface area contributed by atoms with Gasteiger partial charge in [0.25, 0.3) is 0 Å². The van der Waals surface area contributed by atoms with E-state index in [9.17, 15) is 4.79 Å². The van der Waals surface area contributed by atoms with Crippen LogP contribution in [0.3, 0.4) is 0 Å². The molecule has 1 aliphatic heterocycles. The van der Waals surface area contributed by atoms with Crippen LogP contribution in [0.2, 0.25) is 0 Å². The Morgan fingerprint density at radius 1 is 1.26 bits per heavy atom. The number of aryl methyl sites for hydroxylation is 1. The molecular weight excluding hydrogens is 312 g/mol. The van der Waals surface area contributed by atoms with Gasteiger partial charge in [-0.2, -0.15) is 0 Å². The molecule has 3 rings (SSSR count). The van der Waals surface area contributed by atoms with Gasteiger partial charge in [0.05, 0.1) is 6.61 Å². The van der Waals surface area contributed by atoms with Gasteiger partial charge in [0.2, 0.25) is 5.91 Å². The lowest BCUT2D eigenvalue weighted by atomic mass is 9.98. The molecule has 1 heterocycles. The van der Waals surface area contributed by atoms with Gasteiger partial charge in [-0.05, 0) is 55.7 Å². The number of nitrogens with zero attached hydrogens (tertiary/aromatic N) is 1. The van der Waals surface area contributed by atoms with Crippen molar-refractivity contribution in [1.29, 1.82) is 0 Å². The molecule has 128 valence electrons. The summed E-state index contributed by atoms with van der Waals surface area (Å²) >= 11 is 0. The molecule has 2 aliphatic rings. The van der Waals surface area contributed by atoms with Crippen molar-refractivity contribution in [3.63, 3.8) is 0 Å². The third-order valence-electron chi connectivity index (χ3n) is 5.13. The molecule has 2 fully saturated rings. The first kappa shape index (κ1) is 18.1. The fourth-order valence-corrected chi connectivity index (χ4v) is 3.84. The first-order valence-corrected chi connectivity index (χ1v) is 8.42. The third-order valence-corrected chi connectivity index (χ3v) is 5.13. The Kier molecular flexibility index (Phi) is 6.31. The zero-order valence-electron chi connectivity index (χ0n) is 13.7. The predicted octanol–water partition coefficient (Wildman–Crippen LogP) is 2.64. The Morgan fingerprint density at radius 3 is 2.65 bits per heavy atom. The van der Waals surface area contributed by atoms with Gasteiger partial charge in [-0.15, -0.1) is 12.4 Å². The minimum absolute atomic E-state index is 0. The molecule has 1 saturated carbocycles. The van der Waals surface area contributed by atoms with Crippen LogP contribution in [0.1, 0.15) is 31.7 Å². The molecule has 0 spiro atoms. The Hall–Kier alpha value is -1.26. The summed E-state index contributed by atoms with van der Waals surface area (Å²) in [6.07, 6.45) is 3.70. The standard InChI is InChI=1S/C18H26N2O2.ClH/c1-2-22-15-7-3-13(4-8-15)5-10-18(21)20-11-14-6-9-17(19)16(14)12-20;/h3-4,7-8,14,16-17H,2,5-6,9-12,19H2,1H3;1H. The lowest BCUT2D eigenvalue weighted by Crippen LogP contribution is -2.33. The fourth-order valence-electron chi connectivity index (χ4n) is 3.84. The van der Waals surface area contributed by atoms with Gasteiger partial charge >= 0.3 is 0 Å². The van der Waals surface area contributed by atoms with Crippen molar-refractivity contribution in [2.45, 2.75) is 38.6 Å². The number of benzene rings is 1. The van der Waals surface area contributed by atoms with Crippen molar-refractivity contribution in [3.8, 4) is 5.75 Å². The molecule has 1 aromatic rings. The average Bonchev–Trinajstić information content (AvgIpc) is 3.09. The lowest BCUT2D eigenvalue weighted by molar-refractivity contribution is -0.130. The summed E-state index contributed by atoms with van der Waals surface area (Å²) in [5, 5.41) is 0. The molecule has 5 heteroatoms. The number of fused-ring (bicyclic) bond motifs is 1. The summed E-state index contributed by atoms with van der Waals surface area (Å²) in [5.41, 5.74) is 7.32. The molecular formula is C18H27ClN2O2. The molecule has 1 aromatic carbocycles. The Labute approximate surface area is 144 Å². The smallest absolute Gasteiger partial charge is 0.222 e. The second-order valence-corrected chi connectivity index (χ2v) is 6.54. The van der Waals surface area contributed by atoms with E-state index in [1.807, 2.05) is 36.1 Å². The summed E-state index contributed by atoms with van der Waals surface area (Å²) < 4.78 is 5.43. The van der Waals surface area contributed by atoms with E-state index >= 15 is 0 Å². The highest BCUT2D eigenvalue weighted by Crippen LogP contribution is 2.37. The van der Waals surface area contributed by atoms with Crippen LogP contribution in [-0.2, 0) is 11.2 Å². The number of carbonyl (C=O) groups is 1. The van der Waals surface area contributed by atoms with Crippen molar-refractivity contribution in [2.24, 2.45) is 17.6 Å². The normalized spacial score (nSPS) is 25.8. The largest absolute Gasteiger partial charge is 0.494 e. The first-order chi connectivity index (χ1) is 10.7. The Bertz CT molecular complexity index is 520. The van der Waals surface area contributed by atoms with Crippen LogP contribution in [0.4, 0.5) is 0 Å². The van der Waals surface area contributed by atoms with E-state index in [2.05, 4.69) is 0 Å². The van der Waals surface area contributed by atoms with Gasteiger partial charge in [0.15, 0.2) is 0 Å². The number of ether oxygens (including phenoxy) is 1. The van der Waals surface area contributed by atoms with E-state index in [0.29, 0.717) is 30.9 Å². The molecule has 0 radical (unpaired) electrons. The Balaban J connectivity index is 0.00000192. The average molecular weight is 339 g/mol. The summed E-state index contributed by atoms with van der Waals surface area (Å²) in [4.78, 5) is 14.4. The van der Waals surface area contributed by atoms with Gasteiger partial charge in [0.1, 0.15) is 5.75 Å². The predicted molar refractivity (Wildman–Crippen MR) is 93.9 cm³/mol. The van der Waals surface area contributed by atoms with Crippen LogP contribution in [-0.4, -0.2) is 36.5 Å². The number of likely N-dealkylation sites (tertiary alicyclic amines) is 1. The number of hydrogen-bond donors (Lipinski definition) is 1. The van der Waals surface area contributed by atoms with Gasteiger partial charge in [-0.25, -0.2) is 0 Å². The number of amides is 1. The second kappa shape index (κ2) is 8.02. The summed E-state index contributed by atoms with van der Waals surface area (Å²) in [5.74, 6) is 2.34. The highest BCUT2D eigenvalue weighted by Gasteiger charge is 2.42. The van der Waals surface area contributed by atoms with E-state index in [0.717, 1.165) is 31.7 Å². The number of rotatable bonds is 5. The van der Waals surface area contributed by atoms with Gasteiger partial charge in [0, 0.05) is 25.6 Å². The van der Waals surface area contributed by atoms with Crippen molar-refractivity contribution in [2.75, 3.05) is 19.7 Å². The minimum atomic E-state index is 0. The van der Waals surface area contributed by atoms with Gasteiger partial charge in [-0.3, -0.25) is 4.79 Å². The lowest BCUT2D eigenvalue weighted by Gasteiger charge is -2.18. The highest BCUT2D eigenvalue weighted by molar-refractivity contribution is 5.85. The molecule has 2 N–H and O–H groups in total. The van der Waals surface area contributed by atoms with E-state index in [1.54, 1.807) is 0 Å². The molecule has 1 aliphatic carbocycles. The van der Waals surface area contributed by atoms with Crippen molar-refractivity contribution < 1.29 is 9.53 Å². The molecule has 0 bridgehead atoms. The molecule has 0 aromatic heterocycles. The second-order valence-electron chi connectivity index (χ2n) is 6.54. The van der Waals surface area contributed by atoms with Crippen LogP contribution < -0.4 is 10.5 Å². The topological polar surface area (TPSA) is 55.6 Å². The summed E-state index contributed by atoms with van der Waals surface area (Å²) in [6, 6.07) is 8.35. The minimum Gasteiger partial charge on any atom is -0.494 e. The summed E-state index contributed by atoms with van der Waals surface area (Å²) in [6.45, 7) is 4.44. The molecule has 3 atom stereocenters. The fraction of sp³-hybridized carbons (Fsp3) is 0.611. The zero-order valence-corrected chi connectivity index (χ0v) is 14.6. The molecule has 23 heavy (non-hydrogen) atoms. The summed E-state index contributed by atoms with van der Waals surface area (Å²) in [7, 11) is 0. The van der Waals surface area contributed by atoms with Crippen LogP contribution in [0.25, 0.3) is 0 Å². The van der Waals surface area contributed by atoms with Gasteiger partial charge < -0.3 is 15.4 Å². The number of nitrogens with two attached hydrogens (primary N) is 1. The molecule has 3 unspecified atom stereocenters. The number of hydrogen-bond acceptors (Lipinski definition) is 3. The van der Waals surface area contributed by atoms with E-state index in [4.69, 9.17) is 10.5 Å². The highest BCUT2D eigenvalue weighted by atomic mass is 35.5. The van der Waals surface area contributed by atoms with Crippen LogP contribution in [0, 0.1) is 11.8 Å². The van der Waals surface area contributed by atoms with E-state index < -0.39 is 0 Å². The maximum absolute atomic E-state index is 12.4. The Morgan fingerprint density at radius 2 is 2.00 bits per heavy atom. The number of carbonyl (C=O) groups excluding carboxylic acids is 1. The molecule has 1 saturated heterocycles. The maximum Gasteiger partial charge on any atom is 0.222 e. The molecule has 1 amide bonds. The number of halogens is 1. The molecule has 4 nitrogen and oxygen atoms in total. The van der Waals surface area contributed by atoms with Crippen LogP contribution in [0.5, 0.6) is 5.75 Å². The van der Waals surface area contributed by atoms with Crippen molar-refractivity contribution >= 4 is 18.3 Å². The van der Waals surface area contributed by atoms with Gasteiger partial charge in [-0.1, -0.05) is 12.1 Å². The monoisotopic (exact) mass is 338 g/mol. The van der Waals surface area contributed by atoms with Crippen molar-refractivity contribution in [1.82, 2.24) is 4.90 Å². The third kappa shape index (κ3) is 4.18. The van der Waals surface area contributed by atoms with E-state index in [1.165, 1.54) is 12.0 Å². The maximum atomic E-state index is 12.4. The van der Waals surface area contributed by atoms with E-state index in [-0.39, 0.29) is 18.3 Å². The zero-order chi connectivity index (χ0) is 15.5. The first-order valence-electron chi connectivity index (χ1n) is 8.42. The van der Waals surface area contributed by atoms with Crippen LogP contribution >= 0.6 is 12.4 Å². The van der Waals surface area contributed by atoms with Crippen molar-refractivity contribution in [3.05, 3.63) is 29.8 Å². The SMILES string of the molecule is CCOc1ccc(CCC(=O)N2CC3CCC(N)C3C2)cc1.Cl. The quantitative estimate of drug-likeness (QED) is 0.898. The van der Waals surface area contributed by atoms with Crippen LogP contribution in [0.15, 0.2) is 24.3 Å².